The van der Waals surface area contributed by atoms with Crippen LogP contribution >= 0.6 is 11.6 Å². The average Bonchev–Trinajstić information content (AvgIpc) is 2.12. The Morgan fingerprint density at radius 3 is 2.69 bits per heavy atom. The molecule has 0 heterocycles. The molecule has 0 aliphatic heterocycles. The SMILES string of the molecule is CCCc1ccc(Cl)c(OCC)c1. The standard InChI is InChI=1S/C11H15ClO/c1-3-5-9-6-7-10(12)11(8-9)13-4-2/h6-8H,3-5H2,1-2H3. The maximum absolute atomic E-state index is 5.95. The molecule has 2 heteroatoms. The maximum atomic E-state index is 5.95. The summed E-state index contributed by atoms with van der Waals surface area (Å²) in [5, 5.41) is 0.696. The first-order valence-electron chi connectivity index (χ1n) is 4.69. The van der Waals surface area contributed by atoms with Gasteiger partial charge < -0.3 is 4.74 Å². The Hall–Kier alpha value is -0.690. The van der Waals surface area contributed by atoms with Crippen molar-refractivity contribution in [2.45, 2.75) is 26.7 Å². The van der Waals surface area contributed by atoms with Crippen molar-refractivity contribution in [3.8, 4) is 5.75 Å². The number of aryl methyl sites for hydroxylation is 1. The van der Waals surface area contributed by atoms with Crippen molar-refractivity contribution in [3.05, 3.63) is 28.8 Å². The molecule has 0 saturated heterocycles. The van der Waals surface area contributed by atoms with Crippen LogP contribution in [0.15, 0.2) is 18.2 Å². The van der Waals surface area contributed by atoms with Crippen molar-refractivity contribution in [2.75, 3.05) is 6.61 Å². The van der Waals surface area contributed by atoms with E-state index in [0.29, 0.717) is 11.6 Å². The van der Waals surface area contributed by atoms with Crippen LogP contribution in [0, 0.1) is 0 Å². The molecule has 0 aliphatic rings. The molecule has 1 nitrogen and oxygen atoms in total. The van der Waals surface area contributed by atoms with Gasteiger partial charge in [-0.1, -0.05) is 31.0 Å². The monoisotopic (exact) mass is 198 g/mol. The fraction of sp³-hybridized carbons (Fsp3) is 0.455. The van der Waals surface area contributed by atoms with Crippen LogP contribution in [0.4, 0.5) is 0 Å². The highest BCUT2D eigenvalue weighted by molar-refractivity contribution is 6.32. The van der Waals surface area contributed by atoms with Gasteiger partial charge in [0.1, 0.15) is 5.75 Å². The molecule has 0 radical (unpaired) electrons. The molecule has 0 bridgehead atoms. The lowest BCUT2D eigenvalue weighted by atomic mass is 10.1. The Bertz CT molecular complexity index is 271. The van der Waals surface area contributed by atoms with Gasteiger partial charge in [0, 0.05) is 0 Å². The van der Waals surface area contributed by atoms with Crippen LogP contribution in [0.25, 0.3) is 0 Å². The van der Waals surface area contributed by atoms with E-state index in [0.717, 1.165) is 18.6 Å². The zero-order valence-electron chi connectivity index (χ0n) is 8.14. The summed E-state index contributed by atoms with van der Waals surface area (Å²) in [4.78, 5) is 0. The lowest BCUT2D eigenvalue weighted by Crippen LogP contribution is -1.93. The Morgan fingerprint density at radius 1 is 1.31 bits per heavy atom. The summed E-state index contributed by atoms with van der Waals surface area (Å²) in [6.45, 7) is 4.78. The minimum absolute atomic E-state index is 0.662. The van der Waals surface area contributed by atoms with E-state index in [-0.39, 0.29) is 0 Å². The summed E-state index contributed by atoms with van der Waals surface area (Å²) in [6.07, 6.45) is 2.23. The highest BCUT2D eigenvalue weighted by atomic mass is 35.5. The van der Waals surface area contributed by atoms with Crippen molar-refractivity contribution in [2.24, 2.45) is 0 Å². The number of hydrogen-bond acceptors (Lipinski definition) is 1. The van der Waals surface area contributed by atoms with E-state index in [1.165, 1.54) is 5.56 Å². The smallest absolute Gasteiger partial charge is 0.138 e. The zero-order chi connectivity index (χ0) is 9.68. The molecule has 1 aromatic rings. The van der Waals surface area contributed by atoms with E-state index in [4.69, 9.17) is 16.3 Å². The van der Waals surface area contributed by atoms with Crippen molar-refractivity contribution in [1.29, 1.82) is 0 Å². The summed E-state index contributed by atoms with van der Waals surface area (Å²) in [5.41, 5.74) is 1.29. The van der Waals surface area contributed by atoms with E-state index in [2.05, 4.69) is 6.92 Å². The molecule has 0 fully saturated rings. The fourth-order valence-corrected chi connectivity index (χ4v) is 1.43. The van der Waals surface area contributed by atoms with Crippen molar-refractivity contribution in [3.63, 3.8) is 0 Å². The molecule has 0 spiro atoms. The summed E-state index contributed by atoms with van der Waals surface area (Å²) < 4.78 is 5.39. The quantitative estimate of drug-likeness (QED) is 0.717. The van der Waals surface area contributed by atoms with Crippen LogP contribution in [0.2, 0.25) is 5.02 Å². The molecule has 0 aromatic heterocycles. The highest BCUT2D eigenvalue weighted by Gasteiger charge is 2.01. The second kappa shape index (κ2) is 5.13. The van der Waals surface area contributed by atoms with E-state index in [1.54, 1.807) is 0 Å². The Kier molecular flexibility index (Phi) is 4.10. The van der Waals surface area contributed by atoms with E-state index < -0.39 is 0 Å². The van der Waals surface area contributed by atoms with E-state index in [1.807, 2.05) is 25.1 Å². The molecule has 0 aliphatic carbocycles. The summed E-state index contributed by atoms with van der Waals surface area (Å²) in [6, 6.07) is 5.97. The Morgan fingerprint density at radius 2 is 2.08 bits per heavy atom. The predicted octanol–water partition coefficient (Wildman–Crippen LogP) is 3.69. The van der Waals surface area contributed by atoms with Gasteiger partial charge in [0.15, 0.2) is 0 Å². The summed E-state index contributed by atoms with van der Waals surface area (Å²) in [5.74, 6) is 0.801. The molecule has 13 heavy (non-hydrogen) atoms. The molecule has 1 aromatic carbocycles. The third kappa shape index (κ3) is 2.92. The molecular formula is C11H15ClO. The molecule has 0 amide bonds. The molecule has 72 valence electrons. The van der Waals surface area contributed by atoms with Crippen LogP contribution < -0.4 is 4.74 Å². The molecule has 1 rings (SSSR count). The first-order valence-corrected chi connectivity index (χ1v) is 5.07. The first kappa shape index (κ1) is 10.4. The number of rotatable bonds is 4. The lowest BCUT2D eigenvalue weighted by Gasteiger charge is -2.07. The number of halogens is 1. The second-order valence-electron chi connectivity index (χ2n) is 2.95. The molecule has 0 unspecified atom stereocenters. The normalized spacial score (nSPS) is 10.1. The minimum atomic E-state index is 0.662. The van der Waals surface area contributed by atoms with Crippen LogP contribution in [0.1, 0.15) is 25.8 Å². The largest absolute Gasteiger partial charge is 0.492 e. The van der Waals surface area contributed by atoms with E-state index in [9.17, 15) is 0 Å². The van der Waals surface area contributed by atoms with Gasteiger partial charge >= 0.3 is 0 Å². The average molecular weight is 199 g/mol. The zero-order valence-corrected chi connectivity index (χ0v) is 8.90. The summed E-state index contributed by atoms with van der Waals surface area (Å²) in [7, 11) is 0. The number of hydrogen-bond donors (Lipinski definition) is 0. The highest BCUT2D eigenvalue weighted by Crippen LogP contribution is 2.25. The van der Waals surface area contributed by atoms with Gasteiger partial charge in [0.05, 0.1) is 11.6 Å². The van der Waals surface area contributed by atoms with Gasteiger partial charge in [-0.15, -0.1) is 0 Å². The first-order chi connectivity index (χ1) is 6.27. The van der Waals surface area contributed by atoms with Crippen molar-refractivity contribution >= 4 is 11.6 Å². The molecular weight excluding hydrogens is 184 g/mol. The van der Waals surface area contributed by atoms with Crippen molar-refractivity contribution in [1.82, 2.24) is 0 Å². The van der Waals surface area contributed by atoms with Gasteiger partial charge in [-0.2, -0.15) is 0 Å². The fourth-order valence-electron chi connectivity index (χ4n) is 1.26. The molecule has 0 atom stereocenters. The number of ether oxygens (including phenoxy) is 1. The summed E-state index contributed by atoms with van der Waals surface area (Å²) >= 11 is 5.95. The number of benzene rings is 1. The van der Waals surface area contributed by atoms with Crippen molar-refractivity contribution < 1.29 is 4.74 Å². The van der Waals surface area contributed by atoms with Gasteiger partial charge in [-0.25, -0.2) is 0 Å². The van der Waals surface area contributed by atoms with Crippen LogP contribution in [0.3, 0.4) is 0 Å². The van der Waals surface area contributed by atoms with Crippen LogP contribution in [0.5, 0.6) is 5.75 Å². The van der Waals surface area contributed by atoms with Crippen LogP contribution in [-0.2, 0) is 6.42 Å². The van der Waals surface area contributed by atoms with E-state index >= 15 is 0 Å². The third-order valence-electron chi connectivity index (χ3n) is 1.83. The van der Waals surface area contributed by atoms with Gasteiger partial charge in [-0.05, 0) is 31.0 Å². The second-order valence-corrected chi connectivity index (χ2v) is 3.35. The van der Waals surface area contributed by atoms with Gasteiger partial charge in [-0.3, -0.25) is 0 Å². The van der Waals surface area contributed by atoms with Gasteiger partial charge in [0.2, 0.25) is 0 Å². The Balaban J connectivity index is 2.83. The Labute approximate surface area is 84.7 Å². The van der Waals surface area contributed by atoms with Gasteiger partial charge in [0.25, 0.3) is 0 Å². The van der Waals surface area contributed by atoms with Crippen LogP contribution in [-0.4, -0.2) is 6.61 Å². The maximum Gasteiger partial charge on any atom is 0.138 e. The third-order valence-corrected chi connectivity index (χ3v) is 2.15. The predicted molar refractivity (Wildman–Crippen MR) is 56.6 cm³/mol. The molecule has 0 saturated carbocycles. The molecule has 0 N–H and O–H groups in total. The lowest BCUT2D eigenvalue weighted by molar-refractivity contribution is 0.340. The topological polar surface area (TPSA) is 9.23 Å². The minimum Gasteiger partial charge on any atom is -0.492 e.